The van der Waals surface area contributed by atoms with Crippen LogP contribution in [0.25, 0.3) is 0 Å². The molecule has 3 aliphatic rings. The molecule has 30 heavy (non-hydrogen) atoms. The molecule has 6 atom stereocenters. The van der Waals surface area contributed by atoms with Crippen molar-refractivity contribution in [3.05, 3.63) is 48.0 Å². The Morgan fingerprint density at radius 3 is 2.63 bits per heavy atom. The molecule has 2 fully saturated rings. The Morgan fingerprint density at radius 2 is 1.90 bits per heavy atom. The Kier molecular flexibility index (Phi) is 5.90. The second-order valence-corrected chi connectivity index (χ2v) is 7.21. The SMILES string of the molecule is C=CCO[C@H]1O[C@@H]2CO[C@]3(OCc4ccccc43)O[C@H]2[C@H](OC(C)=O)[C@H]1OC(C)=O. The van der Waals surface area contributed by atoms with Crippen LogP contribution in [0.1, 0.15) is 25.0 Å². The van der Waals surface area contributed by atoms with Gasteiger partial charge in [-0.25, -0.2) is 0 Å². The average Bonchev–Trinajstić information content (AvgIpc) is 3.06. The molecule has 3 heterocycles. The molecule has 0 bridgehead atoms. The van der Waals surface area contributed by atoms with E-state index in [4.69, 9.17) is 33.2 Å². The maximum Gasteiger partial charge on any atom is 0.313 e. The quantitative estimate of drug-likeness (QED) is 0.519. The third-order valence-corrected chi connectivity index (χ3v) is 5.07. The van der Waals surface area contributed by atoms with Crippen LogP contribution in [0.4, 0.5) is 0 Å². The van der Waals surface area contributed by atoms with Crippen molar-refractivity contribution in [3.63, 3.8) is 0 Å². The monoisotopic (exact) mass is 420 g/mol. The first kappa shape index (κ1) is 21.0. The van der Waals surface area contributed by atoms with Gasteiger partial charge >= 0.3 is 17.9 Å². The molecule has 1 aromatic rings. The topological polar surface area (TPSA) is 98.8 Å². The van der Waals surface area contributed by atoms with Gasteiger partial charge in [-0.1, -0.05) is 30.3 Å². The molecule has 0 saturated carbocycles. The van der Waals surface area contributed by atoms with E-state index in [9.17, 15) is 9.59 Å². The van der Waals surface area contributed by atoms with E-state index in [-0.39, 0.29) is 13.2 Å². The lowest BCUT2D eigenvalue weighted by atomic mass is 9.96. The van der Waals surface area contributed by atoms with E-state index in [1.54, 1.807) is 0 Å². The lowest BCUT2D eigenvalue weighted by Crippen LogP contribution is -2.66. The summed E-state index contributed by atoms with van der Waals surface area (Å²) in [4.78, 5) is 23.6. The maximum atomic E-state index is 11.9. The lowest BCUT2D eigenvalue weighted by Gasteiger charge is -2.50. The molecule has 0 unspecified atom stereocenters. The van der Waals surface area contributed by atoms with Crippen LogP contribution in [0.15, 0.2) is 36.9 Å². The molecule has 0 N–H and O–H groups in total. The molecule has 162 valence electrons. The van der Waals surface area contributed by atoms with Crippen molar-refractivity contribution < 1.29 is 42.7 Å². The van der Waals surface area contributed by atoms with E-state index in [1.807, 2.05) is 24.3 Å². The van der Waals surface area contributed by atoms with Crippen LogP contribution in [-0.4, -0.2) is 55.9 Å². The highest BCUT2D eigenvalue weighted by atomic mass is 16.9. The predicted octanol–water partition coefficient (Wildman–Crippen LogP) is 1.53. The van der Waals surface area contributed by atoms with Crippen LogP contribution in [0.5, 0.6) is 0 Å². The number of carbonyl (C=O) groups excluding carboxylic acids is 2. The zero-order valence-electron chi connectivity index (χ0n) is 16.8. The van der Waals surface area contributed by atoms with Crippen LogP contribution >= 0.6 is 0 Å². The lowest BCUT2D eigenvalue weighted by molar-refractivity contribution is -0.465. The summed E-state index contributed by atoms with van der Waals surface area (Å²) in [5.74, 6) is -2.58. The molecule has 9 nitrogen and oxygen atoms in total. The second kappa shape index (κ2) is 8.44. The largest absolute Gasteiger partial charge is 0.455 e. The summed E-state index contributed by atoms with van der Waals surface area (Å²) in [6.45, 7) is 6.69. The zero-order valence-corrected chi connectivity index (χ0v) is 16.8. The minimum atomic E-state index is -1.45. The van der Waals surface area contributed by atoms with Gasteiger partial charge in [0.2, 0.25) is 0 Å². The van der Waals surface area contributed by atoms with Crippen molar-refractivity contribution in [1.82, 2.24) is 0 Å². The fraction of sp³-hybridized carbons (Fsp3) is 0.524. The Balaban J connectivity index is 1.66. The fourth-order valence-electron chi connectivity index (χ4n) is 3.91. The number of ether oxygens (including phenoxy) is 7. The van der Waals surface area contributed by atoms with Gasteiger partial charge in [0.15, 0.2) is 18.5 Å². The average molecular weight is 420 g/mol. The van der Waals surface area contributed by atoms with E-state index >= 15 is 0 Å². The molecule has 0 amide bonds. The highest BCUT2D eigenvalue weighted by molar-refractivity contribution is 5.67. The summed E-state index contributed by atoms with van der Waals surface area (Å²) in [5, 5.41) is 0. The van der Waals surface area contributed by atoms with E-state index in [0.29, 0.717) is 6.61 Å². The molecule has 9 heteroatoms. The highest BCUT2D eigenvalue weighted by Gasteiger charge is 2.59. The van der Waals surface area contributed by atoms with E-state index in [0.717, 1.165) is 11.1 Å². The highest BCUT2D eigenvalue weighted by Crippen LogP contribution is 2.45. The van der Waals surface area contributed by atoms with Gasteiger partial charge in [0.05, 0.1) is 19.8 Å². The number of benzene rings is 1. The van der Waals surface area contributed by atoms with Crippen LogP contribution in [0.3, 0.4) is 0 Å². The molecule has 4 rings (SSSR count). The Hall–Kier alpha value is -2.30. The number of hydrogen-bond acceptors (Lipinski definition) is 9. The summed E-state index contributed by atoms with van der Waals surface area (Å²) in [5.41, 5.74) is 1.67. The summed E-state index contributed by atoms with van der Waals surface area (Å²) >= 11 is 0. The molecule has 1 spiro atoms. The number of rotatable bonds is 5. The molecule has 0 radical (unpaired) electrons. The summed E-state index contributed by atoms with van der Waals surface area (Å²) in [7, 11) is 0. The van der Waals surface area contributed by atoms with E-state index in [1.165, 1.54) is 19.9 Å². The van der Waals surface area contributed by atoms with Gasteiger partial charge in [0.25, 0.3) is 0 Å². The summed E-state index contributed by atoms with van der Waals surface area (Å²) in [6.07, 6.45) is -2.94. The minimum Gasteiger partial charge on any atom is -0.455 e. The van der Waals surface area contributed by atoms with Gasteiger partial charge < -0.3 is 33.2 Å². The molecular formula is C21H24O9. The van der Waals surface area contributed by atoms with E-state index < -0.39 is 48.6 Å². The molecule has 0 aromatic heterocycles. The van der Waals surface area contributed by atoms with Crippen molar-refractivity contribution in [2.45, 2.75) is 57.1 Å². The van der Waals surface area contributed by atoms with Gasteiger partial charge in [0.1, 0.15) is 12.2 Å². The standard InChI is InChI=1S/C21H24O9/c1-4-9-24-20-19(28-13(3)23)18(27-12(2)22)17-16(29-20)11-26-21(30-17)15-8-6-5-7-14(15)10-25-21/h4-8,16-20H,1,9-11H2,2-3H3/t16-,17-,18+,19-,20+,21+/m1/s1. The zero-order chi connectivity index (χ0) is 21.3. The first-order valence-electron chi connectivity index (χ1n) is 9.70. The van der Waals surface area contributed by atoms with Gasteiger partial charge in [-0.2, -0.15) is 0 Å². The van der Waals surface area contributed by atoms with Crippen molar-refractivity contribution in [3.8, 4) is 0 Å². The van der Waals surface area contributed by atoms with E-state index in [2.05, 4.69) is 6.58 Å². The van der Waals surface area contributed by atoms with Gasteiger partial charge in [-0.3, -0.25) is 9.59 Å². The Morgan fingerprint density at radius 1 is 1.17 bits per heavy atom. The number of fused-ring (bicyclic) bond motifs is 3. The smallest absolute Gasteiger partial charge is 0.313 e. The number of carbonyl (C=O) groups is 2. The third-order valence-electron chi connectivity index (χ3n) is 5.07. The molecule has 2 saturated heterocycles. The Bertz CT molecular complexity index is 824. The van der Waals surface area contributed by atoms with Crippen LogP contribution in [0, 0.1) is 0 Å². The first-order valence-corrected chi connectivity index (χ1v) is 9.70. The van der Waals surface area contributed by atoms with Crippen LogP contribution in [0.2, 0.25) is 0 Å². The van der Waals surface area contributed by atoms with Gasteiger partial charge in [-0.15, -0.1) is 6.58 Å². The van der Waals surface area contributed by atoms with Gasteiger partial charge in [0, 0.05) is 19.4 Å². The fourth-order valence-corrected chi connectivity index (χ4v) is 3.91. The maximum absolute atomic E-state index is 11.9. The molecule has 0 aliphatic carbocycles. The summed E-state index contributed by atoms with van der Waals surface area (Å²) in [6, 6.07) is 7.53. The second-order valence-electron chi connectivity index (χ2n) is 7.21. The van der Waals surface area contributed by atoms with Crippen molar-refractivity contribution in [1.29, 1.82) is 0 Å². The molecular weight excluding hydrogens is 396 g/mol. The number of esters is 2. The number of hydrogen-bond donors (Lipinski definition) is 0. The summed E-state index contributed by atoms with van der Waals surface area (Å²) < 4.78 is 40.6. The third kappa shape index (κ3) is 3.86. The Labute approximate surface area is 173 Å². The van der Waals surface area contributed by atoms with Crippen molar-refractivity contribution in [2.75, 3.05) is 13.2 Å². The van der Waals surface area contributed by atoms with Crippen molar-refractivity contribution >= 4 is 11.9 Å². The van der Waals surface area contributed by atoms with Crippen molar-refractivity contribution in [2.24, 2.45) is 0 Å². The first-order chi connectivity index (χ1) is 14.4. The van der Waals surface area contributed by atoms with Crippen LogP contribution in [-0.2, 0) is 55.3 Å². The predicted molar refractivity (Wildman–Crippen MR) is 99.7 cm³/mol. The molecule has 3 aliphatic heterocycles. The molecule has 1 aromatic carbocycles. The normalized spacial score (nSPS) is 34.7. The minimum absolute atomic E-state index is 0.0947. The van der Waals surface area contributed by atoms with Crippen LogP contribution < -0.4 is 0 Å². The van der Waals surface area contributed by atoms with Gasteiger partial charge in [-0.05, 0) is 5.56 Å².